The van der Waals surface area contributed by atoms with Crippen LogP contribution in [0.3, 0.4) is 0 Å². The number of carboxylic acids is 2. The first kappa shape index (κ1) is 66.2. The standard InChI is InChI=1S/C56H55N15O14S6/c1-22(2)39-56-71-42(34(91-56)17-85-5)49(83)59-16-36(73)68-43(44(78)24-9-7-6-8-10-24)55-67-33(21-89-55)53-64-30(18-87-53)41-25(51-65-31(19-86-51)48(82)63-29(13-35(72)58-4)54-70-40(23(3)90-54)50(84)69-39)11-12-26(60-41)52-66-32(20-88-52)47(81)62-28(15-38(76)77)46(80)61-27(45(57)79)14-37(74)75/h6-12,18-22,27-29,39,43-44,78H,13-17H2,1-5H3,(H2,57,79)(H,58,72)(H,59,83)(H,61,80)(H,62,81)(H,63,82)(H,68,73)(H,69,84)(H,74,75)(H,76,77)/t27-,28-,29-,39-,43?,44?/m0/s1. The third-order valence-corrected chi connectivity index (χ3v) is 19.2. The molecule has 0 saturated carbocycles. The summed E-state index contributed by atoms with van der Waals surface area (Å²) in [6.07, 6.45) is -3.51. The van der Waals surface area contributed by atoms with E-state index in [1.54, 1.807) is 60.1 Å². The van der Waals surface area contributed by atoms with Crippen LogP contribution < -0.4 is 43.0 Å². The van der Waals surface area contributed by atoms with Gasteiger partial charge in [0, 0.05) is 46.1 Å². The molecule has 0 fully saturated rings. The number of aliphatic hydroxyl groups excluding tert-OH is 1. The third-order valence-electron chi connectivity index (χ3n) is 13.5. The van der Waals surface area contributed by atoms with Crippen LogP contribution in [-0.2, 0) is 40.1 Å². The van der Waals surface area contributed by atoms with E-state index in [9.17, 15) is 63.3 Å². The number of aliphatic hydroxyl groups is 1. The zero-order valence-electron chi connectivity index (χ0n) is 48.4. The van der Waals surface area contributed by atoms with E-state index in [1.165, 1.54) is 24.9 Å². The van der Waals surface area contributed by atoms with Crippen molar-refractivity contribution < 1.29 is 68.0 Å². The predicted molar refractivity (Wildman–Crippen MR) is 334 cm³/mol. The maximum absolute atomic E-state index is 14.3. The van der Waals surface area contributed by atoms with Crippen molar-refractivity contribution in [2.24, 2.45) is 11.7 Å². The number of amides is 8. The molecule has 8 aromatic rings. The lowest BCUT2D eigenvalue weighted by molar-refractivity contribution is -0.142. The summed E-state index contributed by atoms with van der Waals surface area (Å²) < 4.78 is 5.43. The molecule has 9 rings (SSSR count). The fourth-order valence-corrected chi connectivity index (χ4v) is 14.5. The Balaban J connectivity index is 1.11. The summed E-state index contributed by atoms with van der Waals surface area (Å²) in [5.41, 5.74) is 6.67. The van der Waals surface area contributed by atoms with Crippen LogP contribution in [0.25, 0.3) is 43.4 Å². The Labute approximate surface area is 539 Å². The van der Waals surface area contributed by atoms with E-state index in [1.807, 2.05) is 13.8 Å². The SMILES string of the molecule is CNC(=O)C[C@@H]1NC(=O)c2csc(n2)-c2ccc(-c3nc(C(=O)N[C@@H](CC(=O)O)C(=O)N[C@@H](CC(=O)O)C(N)=O)cs3)nc2-c2csc(n2)-c2csc(n2)C(C(O)c2ccccc2)NC(=O)CNC(=O)c2nc(sc2COC)[C@H](C(C)C)NC(=O)c2nc1sc2C. The highest BCUT2D eigenvalue weighted by molar-refractivity contribution is 7.15. The molecule has 0 aliphatic carbocycles. The number of carbonyl (C=O) groups excluding carboxylic acids is 8. The number of carboxylic acid groups (broad SMARTS) is 2. The number of aliphatic carboxylic acids is 2. The average Bonchev–Trinajstić information content (AvgIpc) is 1.80. The van der Waals surface area contributed by atoms with Gasteiger partial charge in [-0.3, -0.25) is 47.9 Å². The van der Waals surface area contributed by atoms with Crippen molar-refractivity contribution >= 4 is 127 Å². The van der Waals surface area contributed by atoms with Gasteiger partial charge in [-0.25, -0.2) is 34.9 Å². The molecule has 8 heterocycles. The van der Waals surface area contributed by atoms with Gasteiger partial charge < -0.3 is 63.0 Å². The smallest absolute Gasteiger partial charge is 0.305 e. The van der Waals surface area contributed by atoms with Crippen LogP contribution in [-0.4, -0.2) is 142 Å². The molecule has 0 saturated heterocycles. The Bertz CT molecular complexity index is 4100. The Morgan fingerprint density at radius 3 is 2.04 bits per heavy atom. The van der Waals surface area contributed by atoms with E-state index in [0.29, 0.717) is 36.6 Å². The van der Waals surface area contributed by atoms with Crippen LogP contribution in [0.1, 0.15) is 130 Å². The average molecular weight is 1350 g/mol. The summed E-state index contributed by atoms with van der Waals surface area (Å²) >= 11 is 6.54. The third kappa shape index (κ3) is 15.9. The fraction of sp³-hybridized carbons (Fsp3) is 0.304. The fourth-order valence-electron chi connectivity index (χ4n) is 8.97. The molecule has 91 heavy (non-hydrogen) atoms. The molecule has 29 nitrogen and oxygen atoms in total. The summed E-state index contributed by atoms with van der Waals surface area (Å²) in [6.45, 7) is 4.77. The van der Waals surface area contributed by atoms with Crippen molar-refractivity contribution in [3.63, 3.8) is 0 Å². The molecule has 8 amide bonds. The maximum atomic E-state index is 14.3. The summed E-state index contributed by atoms with van der Waals surface area (Å²) in [5.74, 6) is -9.89. The van der Waals surface area contributed by atoms with Crippen molar-refractivity contribution in [1.29, 1.82) is 0 Å². The number of aromatic nitrogens is 7. The number of pyridine rings is 1. The van der Waals surface area contributed by atoms with Crippen LogP contribution in [0, 0.1) is 12.8 Å². The lowest BCUT2D eigenvalue weighted by atomic mass is 10.0. The number of benzene rings is 1. The topological polar surface area (TPSA) is 441 Å². The number of hydrogen-bond acceptors (Lipinski definition) is 25. The maximum Gasteiger partial charge on any atom is 0.305 e. The van der Waals surface area contributed by atoms with Gasteiger partial charge in [0.15, 0.2) is 0 Å². The normalized spacial score (nSPS) is 16.5. The van der Waals surface area contributed by atoms with Gasteiger partial charge in [0.05, 0.1) is 55.1 Å². The summed E-state index contributed by atoms with van der Waals surface area (Å²) in [6, 6.07) is 5.24. The molecule has 12 N–H and O–H groups in total. The first-order valence-corrected chi connectivity index (χ1v) is 32.4. The number of primary amides is 1. The van der Waals surface area contributed by atoms with Crippen LogP contribution in [0.5, 0.6) is 0 Å². The second-order valence-electron chi connectivity index (χ2n) is 20.4. The molecule has 0 spiro atoms. The molecule has 2 unspecified atom stereocenters. The van der Waals surface area contributed by atoms with Gasteiger partial charge >= 0.3 is 11.9 Å². The second-order valence-corrected chi connectivity index (χ2v) is 26.2. The Morgan fingerprint density at radius 1 is 0.670 bits per heavy atom. The zero-order chi connectivity index (χ0) is 65.4. The van der Waals surface area contributed by atoms with Crippen molar-refractivity contribution in [1.82, 2.24) is 72.1 Å². The molecule has 6 atom stereocenters. The van der Waals surface area contributed by atoms with Crippen LogP contribution >= 0.6 is 68.0 Å². The monoisotopic (exact) mass is 1350 g/mol. The molecular weight excluding hydrogens is 1300 g/mol. The highest BCUT2D eigenvalue weighted by Crippen LogP contribution is 2.40. The van der Waals surface area contributed by atoms with E-state index >= 15 is 0 Å². The van der Waals surface area contributed by atoms with E-state index < -0.39 is 115 Å². The number of thiazole rings is 6. The summed E-state index contributed by atoms with van der Waals surface area (Å²) in [5, 5.41) is 56.8. The number of methoxy groups -OCH3 is 1. The van der Waals surface area contributed by atoms with Gasteiger partial charge in [0.2, 0.25) is 23.6 Å². The van der Waals surface area contributed by atoms with Crippen LogP contribution in [0.15, 0.2) is 64.0 Å². The van der Waals surface area contributed by atoms with Gasteiger partial charge in [-0.15, -0.1) is 68.0 Å². The summed E-state index contributed by atoms with van der Waals surface area (Å²) in [7, 11) is 2.87. The lowest BCUT2D eigenvalue weighted by Gasteiger charge is -2.23. The lowest BCUT2D eigenvalue weighted by Crippen LogP contribution is -2.54. The number of hydrogen-bond donors (Lipinski definition) is 11. The van der Waals surface area contributed by atoms with E-state index in [-0.39, 0.29) is 78.8 Å². The molecule has 0 radical (unpaired) electrons. The van der Waals surface area contributed by atoms with E-state index in [0.717, 1.165) is 68.0 Å². The first-order chi connectivity index (χ1) is 43.5. The van der Waals surface area contributed by atoms with Crippen molar-refractivity contribution in [3.05, 3.63) is 117 Å². The second kappa shape index (κ2) is 29.2. The number of ether oxygens (including phenoxy) is 1. The largest absolute Gasteiger partial charge is 0.481 e. The van der Waals surface area contributed by atoms with Crippen molar-refractivity contribution in [3.8, 4) is 43.4 Å². The van der Waals surface area contributed by atoms with Crippen LogP contribution in [0.4, 0.5) is 0 Å². The molecule has 35 heteroatoms. The van der Waals surface area contributed by atoms with Gasteiger partial charge in [-0.2, -0.15) is 0 Å². The quantitative estimate of drug-likeness (QED) is 0.0604. The number of aryl methyl sites for hydroxylation is 1. The van der Waals surface area contributed by atoms with Gasteiger partial charge in [-0.1, -0.05) is 44.2 Å². The van der Waals surface area contributed by atoms with E-state index in [2.05, 4.69) is 52.2 Å². The molecule has 1 aliphatic rings. The Morgan fingerprint density at radius 2 is 1.34 bits per heavy atom. The number of nitrogens with one attached hydrogen (secondary N) is 7. The Kier molecular flexibility index (Phi) is 21.2. The summed E-state index contributed by atoms with van der Waals surface area (Å²) in [4.78, 5) is 166. The number of nitrogens with two attached hydrogens (primary N) is 1. The number of nitrogens with zero attached hydrogens (tertiary/aromatic N) is 7. The molecule has 7 aromatic heterocycles. The van der Waals surface area contributed by atoms with Gasteiger partial charge in [0.1, 0.15) is 94.1 Å². The minimum atomic E-state index is -1.81. The van der Waals surface area contributed by atoms with Crippen molar-refractivity contribution in [2.45, 2.75) is 83.0 Å². The number of carbonyl (C=O) groups is 10. The molecule has 1 aromatic carbocycles. The van der Waals surface area contributed by atoms with Crippen LogP contribution in [0.2, 0.25) is 0 Å². The number of fused-ring (bicyclic) bond motifs is 14. The Hall–Kier alpha value is -9.23. The number of rotatable bonds is 17. The van der Waals surface area contributed by atoms with E-state index in [4.69, 9.17) is 30.4 Å². The first-order valence-electron chi connectivity index (χ1n) is 27.3. The minimum Gasteiger partial charge on any atom is -0.481 e. The van der Waals surface area contributed by atoms with Gasteiger partial charge in [0.25, 0.3) is 23.6 Å². The minimum absolute atomic E-state index is 0.0102. The zero-order valence-corrected chi connectivity index (χ0v) is 53.3. The molecule has 474 valence electrons. The highest BCUT2D eigenvalue weighted by Gasteiger charge is 2.34. The van der Waals surface area contributed by atoms with Crippen molar-refractivity contribution in [2.75, 3.05) is 20.7 Å². The van der Waals surface area contributed by atoms with Gasteiger partial charge in [-0.05, 0) is 30.5 Å². The molecule has 1 aliphatic heterocycles. The molecule has 10 bridgehead atoms. The molecular formula is C56H55N15O14S6. The predicted octanol–water partition coefficient (Wildman–Crippen LogP) is 4.33. The highest BCUT2D eigenvalue weighted by atomic mass is 32.1.